The van der Waals surface area contributed by atoms with Crippen LogP contribution in [0.5, 0.6) is 0 Å². The summed E-state index contributed by atoms with van der Waals surface area (Å²) in [5.41, 5.74) is 0. The fourth-order valence-corrected chi connectivity index (χ4v) is 1.20. The highest BCUT2D eigenvalue weighted by Gasteiger charge is 2.21. The number of hydrogen-bond acceptors (Lipinski definition) is 2. The van der Waals surface area contributed by atoms with E-state index < -0.39 is 0 Å². The minimum absolute atomic E-state index is 0.105. The zero-order valence-corrected chi connectivity index (χ0v) is 7.96. The monoisotopic (exact) mass is 185 g/mol. The van der Waals surface area contributed by atoms with Crippen LogP contribution in [0.2, 0.25) is 0 Å². The van der Waals surface area contributed by atoms with Gasteiger partial charge in [-0.1, -0.05) is 0 Å². The Labute approximate surface area is 77.5 Å². The lowest BCUT2D eigenvalue weighted by molar-refractivity contribution is -0.122. The van der Waals surface area contributed by atoms with Gasteiger partial charge < -0.3 is 15.5 Å². The normalized spacial score (nSPS) is 16.2. The third kappa shape index (κ3) is 2.93. The highest BCUT2D eigenvalue weighted by molar-refractivity contribution is 5.85. The molecule has 0 saturated carbocycles. The molecular weight excluding hydrogens is 170 g/mol. The maximum absolute atomic E-state index is 11.2. The second-order valence-electron chi connectivity index (χ2n) is 3.38. The second kappa shape index (κ2) is 4.11. The maximum atomic E-state index is 11.2. The Morgan fingerprint density at radius 1 is 1.69 bits per heavy atom. The van der Waals surface area contributed by atoms with Crippen molar-refractivity contribution in [3.05, 3.63) is 0 Å². The number of hydrogen-bond donors (Lipinski definition) is 2. The topological polar surface area (TPSA) is 61.4 Å². The molecule has 1 aliphatic heterocycles. The van der Waals surface area contributed by atoms with E-state index >= 15 is 0 Å². The fraction of sp³-hybridized carbons (Fsp3) is 0.750. The van der Waals surface area contributed by atoms with Crippen LogP contribution in [0.15, 0.2) is 0 Å². The lowest BCUT2D eigenvalue weighted by Crippen LogP contribution is -2.41. The van der Waals surface area contributed by atoms with Gasteiger partial charge in [0.25, 0.3) is 0 Å². The molecule has 1 heterocycles. The first-order chi connectivity index (χ1) is 6.09. The molecule has 74 valence electrons. The van der Waals surface area contributed by atoms with Gasteiger partial charge in [-0.05, 0) is 13.8 Å². The highest BCUT2D eigenvalue weighted by atomic mass is 16.2. The predicted octanol–water partition coefficient (Wildman–Crippen LogP) is -0.464. The van der Waals surface area contributed by atoms with Crippen molar-refractivity contribution >= 4 is 11.9 Å². The molecule has 0 atom stereocenters. The summed E-state index contributed by atoms with van der Waals surface area (Å²) >= 11 is 0. The molecule has 0 aromatic rings. The standard InChI is InChI=1S/C8H15N3O2/c1-6(2)10-7(12)5-11-4-3-9-8(11)13/h6H,3-5H2,1-2H3,(H,9,13)(H,10,12). The molecule has 0 bridgehead atoms. The zero-order chi connectivity index (χ0) is 9.84. The van der Waals surface area contributed by atoms with E-state index in [2.05, 4.69) is 10.6 Å². The smallest absolute Gasteiger partial charge is 0.317 e. The van der Waals surface area contributed by atoms with Crippen molar-refractivity contribution in [1.82, 2.24) is 15.5 Å². The van der Waals surface area contributed by atoms with Crippen molar-refractivity contribution in [3.8, 4) is 0 Å². The van der Waals surface area contributed by atoms with Crippen molar-refractivity contribution in [1.29, 1.82) is 0 Å². The van der Waals surface area contributed by atoms with Crippen LogP contribution in [0.1, 0.15) is 13.8 Å². The molecule has 2 N–H and O–H groups in total. The van der Waals surface area contributed by atoms with Crippen LogP contribution < -0.4 is 10.6 Å². The first kappa shape index (κ1) is 9.83. The van der Waals surface area contributed by atoms with Crippen LogP contribution in [0.25, 0.3) is 0 Å². The van der Waals surface area contributed by atoms with Gasteiger partial charge in [-0.25, -0.2) is 4.79 Å². The summed E-state index contributed by atoms with van der Waals surface area (Å²) in [6.07, 6.45) is 0. The van der Waals surface area contributed by atoms with Gasteiger partial charge in [0.15, 0.2) is 0 Å². The van der Waals surface area contributed by atoms with Crippen molar-refractivity contribution in [2.45, 2.75) is 19.9 Å². The van der Waals surface area contributed by atoms with Crippen LogP contribution in [0.4, 0.5) is 4.79 Å². The lowest BCUT2D eigenvalue weighted by atomic mass is 10.4. The summed E-state index contributed by atoms with van der Waals surface area (Å²) in [5.74, 6) is -0.105. The Morgan fingerprint density at radius 3 is 2.85 bits per heavy atom. The molecule has 0 spiro atoms. The van der Waals surface area contributed by atoms with Gasteiger partial charge in [0.1, 0.15) is 6.54 Å². The minimum Gasteiger partial charge on any atom is -0.352 e. The number of urea groups is 1. The Balaban J connectivity index is 2.31. The first-order valence-corrected chi connectivity index (χ1v) is 4.41. The molecule has 1 aliphatic rings. The average molecular weight is 185 g/mol. The number of amides is 3. The van der Waals surface area contributed by atoms with Gasteiger partial charge in [-0.3, -0.25) is 4.79 Å². The predicted molar refractivity (Wildman–Crippen MR) is 48.3 cm³/mol. The average Bonchev–Trinajstić information content (AvgIpc) is 2.34. The largest absolute Gasteiger partial charge is 0.352 e. The molecule has 0 unspecified atom stereocenters. The number of rotatable bonds is 3. The van der Waals surface area contributed by atoms with E-state index in [0.717, 1.165) is 0 Å². The third-order valence-electron chi connectivity index (χ3n) is 1.73. The highest BCUT2D eigenvalue weighted by Crippen LogP contribution is 1.95. The third-order valence-corrected chi connectivity index (χ3v) is 1.73. The van der Waals surface area contributed by atoms with Gasteiger partial charge in [0.2, 0.25) is 5.91 Å². The van der Waals surface area contributed by atoms with Gasteiger partial charge in [0.05, 0.1) is 0 Å². The molecule has 1 saturated heterocycles. The minimum atomic E-state index is -0.154. The van der Waals surface area contributed by atoms with E-state index in [-0.39, 0.29) is 24.5 Å². The number of nitrogens with zero attached hydrogens (tertiary/aromatic N) is 1. The molecule has 13 heavy (non-hydrogen) atoms. The van der Waals surface area contributed by atoms with Crippen LogP contribution >= 0.6 is 0 Å². The van der Waals surface area contributed by atoms with Crippen LogP contribution in [-0.4, -0.2) is 42.5 Å². The molecular formula is C8H15N3O2. The molecule has 0 aromatic carbocycles. The molecule has 0 aliphatic carbocycles. The zero-order valence-electron chi connectivity index (χ0n) is 7.96. The van der Waals surface area contributed by atoms with Crippen LogP contribution in [-0.2, 0) is 4.79 Å². The Kier molecular flexibility index (Phi) is 3.11. The Hall–Kier alpha value is -1.26. The van der Waals surface area contributed by atoms with Crippen LogP contribution in [0, 0.1) is 0 Å². The Morgan fingerprint density at radius 2 is 2.38 bits per heavy atom. The van der Waals surface area contributed by atoms with E-state index in [4.69, 9.17) is 0 Å². The van der Waals surface area contributed by atoms with Gasteiger partial charge in [-0.15, -0.1) is 0 Å². The van der Waals surface area contributed by atoms with Gasteiger partial charge >= 0.3 is 6.03 Å². The van der Waals surface area contributed by atoms with Crippen LogP contribution in [0.3, 0.4) is 0 Å². The SMILES string of the molecule is CC(C)NC(=O)CN1CCNC1=O. The number of nitrogens with one attached hydrogen (secondary N) is 2. The first-order valence-electron chi connectivity index (χ1n) is 4.41. The summed E-state index contributed by atoms with van der Waals surface area (Å²) in [4.78, 5) is 23.8. The summed E-state index contributed by atoms with van der Waals surface area (Å²) in [6, 6.07) is -0.0305. The molecule has 1 rings (SSSR count). The van der Waals surface area contributed by atoms with Crippen molar-refractivity contribution < 1.29 is 9.59 Å². The van der Waals surface area contributed by atoms with E-state index in [1.807, 2.05) is 13.8 Å². The summed E-state index contributed by atoms with van der Waals surface area (Å²) < 4.78 is 0. The Bertz CT molecular complexity index is 215. The summed E-state index contributed by atoms with van der Waals surface area (Å²) in [5, 5.41) is 5.36. The van der Waals surface area contributed by atoms with Gasteiger partial charge in [0, 0.05) is 19.1 Å². The van der Waals surface area contributed by atoms with Crippen molar-refractivity contribution in [2.24, 2.45) is 0 Å². The lowest BCUT2D eigenvalue weighted by Gasteiger charge is -2.14. The van der Waals surface area contributed by atoms with E-state index in [1.54, 1.807) is 0 Å². The van der Waals surface area contributed by atoms with E-state index in [1.165, 1.54) is 4.90 Å². The second-order valence-corrected chi connectivity index (χ2v) is 3.38. The molecule has 1 fully saturated rings. The maximum Gasteiger partial charge on any atom is 0.317 e. The fourth-order valence-electron chi connectivity index (χ4n) is 1.20. The molecule has 0 radical (unpaired) electrons. The van der Waals surface area contributed by atoms with E-state index in [0.29, 0.717) is 13.1 Å². The number of carbonyl (C=O) groups is 2. The molecule has 5 nitrogen and oxygen atoms in total. The van der Waals surface area contributed by atoms with Gasteiger partial charge in [-0.2, -0.15) is 0 Å². The summed E-state index contributed by atoms with van der Waals surface area (Å²) in [6.45, 7) is 5.19. The van der Waals surface area contributed by atoms with Crippen molar-refractivity contribution in [3.63, 3.8) is 0 Å². The molecule has 5 heteroatoms. The number of carbonyl (C=O) groups excluding carboxylic acids is 2. The van der Waals surface area contributed by atoms with E-state index in [9.17, 15) is 9.59 Å². The molecule has 0 aromatic heterocycles. The van der Waals surface area contributed by atoms with Crippen molar-refractivity contribution in [2.75, 3.05) is 19.6 Å². The summed E-state index contributed by atoms with van der Waals surface area (Å²) in [7, 11) is 0. The quantitative estimate of drug-likeness (QED) is 0.624. The molecule has 3 amide bonds.